The van der Waals surface area contributed by atoms with Crippen molar-refractivity contribution in [3.8, 4) is 5.75 Å². The first-order valence-corrected chi connectivity index (χ1v) is 12.5. The quantitative estimate of drug-likeness (QED) is 0.433. The second-order valence-corrected chi connectivity index (χ2v) is 9.26. The number of ether oxygens (including phenoxy) is 2. The normalized spacial score (nSPS) is 19.2. The zero-order valence-electron chi connectivity index (χ0n) is 20.7. The first-order chi connectivity index (χ1) is 17.6. The summed E-state index contributed by atoms with van der Waals surface area (Å²) in [4.78, 5) is 31.3. The number of piperidine rings is 1. The Bertz CT molecular complexity index is 1280. The van der Waals surface area contributed by atoms with Crippen molar-refractivity contribution in [1.82, 2.24) is 20.5 Å². The highest BCUT2D eigenvalue weighted by Gasteiger charge is 2.35. The molecule has 1 atom stereocenters. The molecule has 8 nitrogen and oxygen atoms in total. The predicted octanol–water partition coefficient (Wildman–Crippen LogP) is 4.23. The van der Waals surface area contributed by atoms with Gasteiger partial charge in [0, 0.05) is 29.3 Å². The van der Waals surface area contributed by atoms with Gasteiger partial charge in [-0.15, -0.1) is 0 Å². The van der Waals surface area contributed by atoms with Gasteiger partial charge in [0.15, 0.2) is 0 Å². The third-order valence-corrected chi connectivity index (χ3v) is 7.11. The fourth-order valence-corrected chi connectivity index (χ4v) is 5.30. The minimum atomic E-state index is -0.548. The minimum Gasteiger partial charge on any atom is -0.497 e. The first kappa shape index (κ1) is 23.9. The number of nitrogens with zero attached hydrogens (tertiary/aromatic N) is 1. The van der Waals surface area contributed by atoms with Crippen molar-refractivity contribution < 1.29 is 19.1 Å². The van der Waals surface area contributed by atoms with Gasteiger partial charge in [0.05, 0.1) is 25.3 Å². The van der Waals surface area contributed by atoms with E-state index >= 15 is 0 Å². The lowest BCUT2D eigenvalue weighted by Gasteiger charge is -2.35. The van der Waals surface area contributed by atoms with E-state index in [1.54, 1.807) is 14.0 Å². The number of amides is 2. The molecule has 0 saturated carbocycles. The second kappa shape index (κ2) is 10.5. The number of carbonyl (C=O) groups excluding carboxylic acids is 2. The van der Waals surface area contributed by atoms with Crippen LogP contribution in [0.15, 0.2) is 66.0 Å². The van der Waals surface area contributed by atoms with Gasteiger partial charge in [-0.25, -0.2) is 9.59 Å². The number of nitrogens with one attached hydrogen (secondary N) is 3. The van der Waals surface area contributed by atoms with Crippen molar-refractivity contribution in [2.45, 2.75) is 31.7 Å². The van der Waals surface area contributed by atoms with Crippen LogP contribution in [0.2, 0.25) is 0 Å². The van der Waals surface area contributed by atoms with Gasteiger partial charge in [0.25, 0.3) is 0 Å². The number of likely N-dealkylation sites (tertiary alicyclic amines) is 1. The number of H-pyrrole nitrogens is 1. The number of esters is 1. The number of carbonyl (C=O) groups is 2. The Morgan fingerprint density at radius 1 is 1.11 bits per heavy atom. The van der Waals surface area contributed by atoms with Crippen LogP contribution in [0.3, 0.4) is 0 Å². The number of fused-ring (bicyclic) bond motifs is 1. The second-order valence-electron chi connectivity index (χ2n) is 9.26. The predicted molar refractivity (Wildman–Crippen MR) is 138 cm³/mol. The fraction of sp³-hybridized carbons (Fsp3) is 0.357. The van der Waals surface area contributed by atoms with Crippen molar-refractivity contribution in [3.05, 3.63) is 77.1 Å². The molecule has 0 aliphatic carbocycles. The van der Waals surface area contributed by atoms with E-state index in [0.29, 0.717) is 23.7 Å². The standard InChI is InChI=1S/C28H32N4O4/c1-3-36-27(33)25-24(30-28(34)31-26(25)19-7-5-4-6-8-19)17-32-13-11-18(12-14-32)22-16-29-23-10-9-20(35-2)15-21(22)23/h4-10,15-16,18,26,29H,3,11-14,17H2,1-2H3,(H2,30,31,34). The lowest BCUT2D eigenvalue weighted by molar-refractivity contribution is -0.139. The summed E-state index contributed by atoms with van der Waals surface area (Å²) >= 11 is 0. The lowest BCUT2D eigenvalue weighted by atomic mass is 9.88. The molecule has 3 N–H and O–H groups in total. The first-order valence-electron chi connectivity index (χ1n) is 12.5. The molecule has 1 fully saturated rings. The Balaban J connectivity index is 1.35. The Kier molecular flexibility index (Phi) is 6.95. The van der Waals surface area contributed by atoms with Crippen LogP contribution in [0.5, 0.6) is 5.75 Å². The number of urea groups is 1. The van der Waals surface area contributed by atoms with E-state index in [1.165, 1.54) is 10.9 Å². The number of rotatable bonds is 7. The van der Waals surface area contributed by atoms with Gasteiger partial charge in [-0.05, 0) is 68.1 Å². The molecule has 2 aromatic carbocycles. The van der Waals surface area contributed by atoms with Crippen molar-refractivity contribution in [3.63, 3.8) is 0 Å². The summed E-state index contributed by atoms with van der Waals surface area (Å²) in [6.45, 7) is 4.27. The van der Waals surface area contributed by atoms with E-state index in [9.17, 15) is 9.59 Å². The maximum absolute atomic E-state index is 13.0. The molecule has 0 bridgehead atoms. The van der Waals surface area contributed by atoms with Crippen LogP contribution in [0.1, 0.15) is 42.9 Å². The number of hydrogen-bond acceptors (Lipinski definition) is 5. The van der Waals surface area contributed by atoms with E-state index in [-0.39, 0.29) is 12.6 Å². The SMILES string of the molecule is CCOC(=O)C1=C(CN2CCC(c3c[nH]c4ccc(OC)cc34)CC2)NC(=O)NC1c1ccccc1. The van der Waals surface area contributed by atoms with E-state index in [1.807, 2.05) is 36.4 Å². The van der Waals surface area contributed by atoms with E-state index < -0.39 is 12.0 Å². The molecule has 2 aliphatic heterocycles. The molecule has 0 radical (unpaired) electrons. The average molecular weight is 489 g/mol. The highest BCUT2D eigenvalue weighted by Crippen LogP contribution is 2.35. The van der Waals surface area contributed by atoms with Crippen LogP contribution in [-0.2, 0) is 9.53 Å². The molecule has 3 heterocycles. The van der Waals surface area contributed by atoms with Crippen molar-refractivity contribution in [2.75, 3.05) is 33.4 Å². The van der Waals surface area contributed by atoms with Crippen molar-refractivity contribution in [2.24, 2.45) is 0 Å². The van der Waals surface area contributed by atoms with Gasteiger partial charge in [-0.1, -0.05) is 30.3 Å². The summed E-state index contributed by atoms with van der Waals surface area (Å²) < 4.78 is 10.8. The largest absolute Gasteiger partial charge is 0.497 e. The average Bonchev–Trinajstić information content (AvgIpc) is 3.32. The smallest absolute Gasteiger partial charge is 0.338 e. The third-order valence-electron chi connectivity index (χ3n) is 7.11. The molecular weight excluding hydrogens is 456 g/mol. The van der Waals surface area contributed by atoms with Gasteiger partial charge in [-0.2, -0.15) is 0 Å². The third kappa shape index (κ3) is 4.81. The van der Waals surface area contributed by atoms with Crippen molar-refractivity contribution >= 4 is 22.9 Å². The van der Waals surface area contributed by atoms with E-state index in [4.69, 9.17) is 9.47 Å². The monoisotopic (exact) mass is 488 g/mol. The van der Waals surface area contributed by atoms with E-state index in [0.717, 1.165) is 42.8 Å². The summed E-state index contributed by atoms with van der Waals surface area (Å²) in [5.41, 5.74) is 4.35. The molecule has 0 spiro atoms. The van der Waals surface area contributed by atoms with Crippen LogP contribution in [-0.4, -0.2) is 55.2 Å². The Hall–Kier alpha value is -3.78. The fourth-order valence-electron chi connectivity index (χ4n) is 5.30. The summed E-state index contributed by atoms with van der Waals surface area (Å²) in [7, 11) is 1.69. The molecule has 3 aromatic rings. The van der Waals surface area contributed by atoms with Crippen LogP contribution in [0.4, 0.5) is 4.79 Å². The number of benzene rings is 2. The lowest BCUT2D eigenvalue weighted by Crippen LogP contribution is -2.49. The van der Waals surface area contributed by atoms with Gasteiger partial charge in [-0.3, -0.25) is 4.90 Å². The van der Waals surface area contributed by atoms with Crippen LogP contribution in [0, 0.1) is 0 Å². The van der Waals surface area contributed by atoms with Gasteiger partial charge in [0.2, 0.25) is 0 Å². The molecule has 1 unspecified atom stereocenters. The van der Waals surface area contributed by atoms with Crippen LogP contribution >= 0.6 is 0 Å². The van der Waals surface area contributed by atoms with Gasteiger partial charge in [0.1, 0.15) is 5.75 Å². The maximum Gasteiger partial charge on any atom is 0.338 e. The number of aromatic nitrogens is 1. The highest BCUT2D eigenvalue weighted by molar-refractivity contribution is 5.95. The molecule has 2 aliphatic rings. The zero-order chi connectivity index (χ0) is 25.1. The summed E-state index contributed by atoms with van der Waals surface area (Å²) in [5.74, 6) is 0.880. The van der Waals surface area contributed by atoms with Crippen molar-refractivity contribution in [1.29, 1.82) is 0 Å². The molecule has 8 heteroatoms. The molecule has 5 rings (SSSR count). The van der Waals surface area contributed by atoms with Crippen LogP contribution < -0.4 is 15.4 Å². The Morgan fingerprint density at radius 3 is 2.61 bits per heavy atom. The van der Waals surface area contributed by atoms with Gasteiger partial charge < -0.3 is 25.1 Å². The Labute approximate surface area is 210 Å². The molecule has 36 heavy (non-hydrogen) atoms. The molecule has 2 amide bonds. The summed E-state index contributed by atoms with van der Waals surface area (Å²) in [6.07, 6.45) is 4.09. The summed E-state index contributed by atoms with van der Waals surface area (Å²) in [6, 6.07) is 14.8. The number of methoxy groups -OCH3 is 1. The molecular formula is C28H32N4O4. The minimum absolute atomic E-state index is 0.270. The van der Waals surface area contributed by atoms with E-state index in [2.05, 4.69) is 38.8 Å². The summed E-state index contributed by atoms with van der Waals surface area (Å²) in [5, 5.41) is 7.00. The Morgan fingerprint density at radius 2 is 1.89 bits per heavy atom. The molecule has 188 valence electrons. The number of hydrogen-bond donors (Lipinski definition) is 3. The maximum atomic E-state index is 13.0. The molecule has 1 saturated heterocycles. The number of aromatic amines is 1. The highest BCUT2D eigenvalue weighted by atomic mass is 16.5. The van der Waals surface area contributed by atoms with Gasteiger partial charge >= 0.3 is 12.0 Å². The molecule has 1 aromatic heterocycles. The zero-order valence-corrected chi connectivity index (χ0v) is 20.7. The topological polar surface area (TPSA) is 95.7 Å². The van der Waals surface area contributed by atoms with Crippen LogP contribution in [0.25, 0.3) is 10.9 Å².